The lowest BCUT2D eigenvalue weighted by Crippen LogP contribution is -2.23. The molecule has 3 aromatic rings. The summed E-state index contributed by atoms with van der Waals surface area (Å²) < 4.78 is 6.91. The molecule has 1 amide bonds. The van der Waals surface area contributed by atoms with Gasteiger partial charge in [-0.3, -0.25) is 14.5 Å². The zero-order chi connectivity index (χ0) is 17.8. The average Bonchev–Trinajstić information content (AvgIpc) is 3.17. The highest BCUT2D eigenvalue weighted by Gasteiger charge is 2.11. The molecule has 1 N–H and O–H groups in total. The number of carbonyl (C=O) groups excluding carboxylic acids is 1. The van der Waals surface area contributed by atoms with Crippen LogP contribution in [0.15, 0.2) is 35.2 Å². The Morgan fingerprint density at radius 1 is 1.32 bits per heavy atom. The van der Waals surface area contributed by atoms with Crippen molar-refractivity contribution in [3.63, 3.8) is 0 Å². The number of hydrogen-bond acceptors (Lipinski definition) is 5. The van der Waals surface area contributed by atoms with Crippen LogP contribution in [0.3, 0.4) is 0 Å². The number of nitrogens with zero attached hydrogens (tertiary/aromatic N) is 4. The maximum Gasteiger partial charge on any atom is 0.220 e. The molecule has 3 heterocycles. The van der Waals surface area contributed by atoms with Gasteiger partial charge in [0.25, 0.3) is 0 Å². The normalized spacial score (nSPS) is 10.8. The maximum absolute atomic E-state index is 12.1. The minimum atomic E-state index is -0.00839. The molecule has 130 valence electrons. The van der Waals surface area contributed by atoms with Crippen LogP contribution in [0.4, 0.5) is 0 Å². The third-order valence-corrected chi connectivity index (χ3v) is 4.18. The van der Waals surface area contributed by atoms with E-state index in [1.807, 2.05) is 33.0 Å². The van der Waals surface area contributed by atoms with Gasteiger partial charge in [-0.15, -0.1) is 0 Å². The number of nitrogens with one attached hydrogen (secondary N) is 1. The van der Waals surface area contributed by atoms with Gasteiger partial charge in [-0.25, -0.2) is 0 Å². The number of hydrogen-bond donors (Lipinski definition) is 1. The van der Waals surface area contributed by atoms with E-state index in [2.05, 4.69) is 20.6 Å². The number of rotatable bonds is 6. The van der Waals surface area contributed by atoms with E-state index in [1.165, 1.54) is 0 Å². The first-order chi connectivity index (χ1) is 12.0. The molecule has 0 unspecified atom stereocenters. The van der Waals surface area contributed by atoms with Crippen molar-refractivity contribution in [3.05, 3.63) is 53.3 Å². The number of aryl methyl sites for hydroxylation is 3. The summed E-state index contributed by atoms with van der Waals surface area (Å²) in [6, 6.07) is 3.95. The van der Waals surface area contributed by atoms with Crippen LogP contribution in [-0.4, -0.2) is 25.8 Å². The molecule has 0 saturated heterocycles. The molecule has 3 rings (SSSR count). The molecule has 0 saturated carbocycles. The van der Waals surface area contributed by atoms with Gasteiger partial charge >= 0.3 is 0 Å². The van der Waals surface area contributed by atoms with Gasteiger partial charge in [0.2, 0.25) is 5.91 Å². The number of carbonyl (C=O) groups is 1. The molecule has 0 aromatic carbocycles. The molecule has 25 heavy (non-hydrogen) atoms. The van der Waals surface area contributed by atoms with E-state index in [4.69, 9.17) is 4.52 Å². The second-order valence-corrected chi connectivity index (χ2v) is 6.00. The third kappa shape index (κ3) is 3.93. The van der Waals surface area contributed by atoms with Gasteiger partial charge in [-0.1, -0.05) is 5.16 Å². The molecule has 7 nitrogen and oxygen atoms in total. The molecular weight excluding hydrogens is 318 g/mol. The average molecular weight is 339 g/mol. The standard InChI is InChI=1S/C18H21N5O2/c1-12-16(13(2)25-22-12)4-5-18(24)20-10-14-8-15(11-19-9-14)17-6-7-21-23(17)3/h6-9,11H,4-5,10H2,1-3H3,(H,20,24). The Morgan fingerprint density at radius 2 is 2.16 bits per heavy atom. The fourth-order valence-corrected chi connectivity index (χ4v) is 2.77. The Labute approximate surface area is 146 Å². The Kier molecular flexibility index (Phi) is 4.92. The van der Waals surface area contributed by atoms with Crippen LogP contribution in [0.2, 0.25) is 0 Å². The van der Waals surface area contributed by atoms with Gasteiger partial charge in [0.05, 0.1) is 11.4 Å². The summed E-state index contributed by atoms with van der Waals surface area (Å²) in [7, 11) is 1.89. The van der Waals surface area contributed by atoms with Crippen LogP contribution in [0, 0.1) is 13.8 Å². The molecule has 0 aliphatic rings. The molecule has 0 atom stereocenters. The van der Waals surface area contributed by atoms with Gasteiger partial charge in [-0.2, -0.15) is 5.10 Å². The van der Waals surface area contributed by atoms with Crippen LogP contribution in [-0.2, 0) is 24.8 Å². The smallest absolute Gasteiger partial charge is 0.220 e. The number of aromatic nitrogens is 4. The van der Waals surface area contributed by atoms with E-state index in [1.54, 1.807) is 23.3 Å². The Bertz CT molecular complexity index is 862. The zero-order valence-electron chi connectivity index (χ0n) is 14.6. The lowest BCUT2D eigenvalue weighted by molar-refractivity contribution is -0.121. The number of pyridine rings is 1. The monoisotopic (exact) mass is 339 g/mol. The summed E-state index contributed by atoms with van der Waals surface area (Å²) in [6.07, 6.45) is 6.32. The van der Waals surface area contributed by atoms with Crippen molar-refractivity contribution in [1.29, 1.82) is 0 Å². The van der Waals surface area contributed by atoms with Gasteiger partial charge < -0.3 is 9.84 Å². The first-order valence-corrected chi connectivity index (χ1v) is 8.15. The predicted molar refractivity (Wildman–Crippen MR) is 92.6 cm³/mol. The van der Waals surface area contributed by atoms with Gasteiger partial charge in [-0.05, 0) is 38.0 Å². The fraction of sp³-hybridized carbons (Fsp3) is 0.333. The summed E-state index contributed by atoms with van der Waals surface area (Å²) in [4.78, 5) is 16.4. The summed E-state index contributed by atoms with van der Waals surface area (Å²) in [6.45, 7) is 4.20. The maximum atomic E-state index is 12.1. The van der Waals surface area contributed by atoms with E-state index < -0.39 is 0 Å². The largest absolute Gasteiger partial charge is 0.361 e. The minimum Gasteiger partial charge on any atom is -0.361 e. The van der Waals surface area contributed by atoms with Crippen molar-refractivity contribution in [2.24, 2.45) is 7.05 Å². The topological polar surface area (TPSA) is 85.8 Å². The molecule has 3 aromatic heterocycles. The molecule has 0 radical (unpaired) electrons. The third-order valence-electron chi connectivity index (χ3n) is 4.18. The summed E-state index contributed by atoms with van der Waals surface area (Å²) in [5.41, 5.74) is 4.76. The molecular formula is C18H21N5O2. The van der Waals surface area contributed by atoms with E-state index in [9.17, 15) is 4.79 Å². The second kappa shape index (κ2) is 7.29. The van der Waals surface area contributed by atoms with Crippen LogP contribution < -0.4 is 5.32 Å². The van der Waals surface area contributed by atoms with E-state index in [-0.39, 0.29) is 5.91 Å². The van der Waals surface area contributed by atoms with Gasteiger partial charge in [0.1, 0.15) is 5.76 Å². The van der Waals surface area contributed by atoms with Crippen molar-refractivity contribution >= 4 is 5.91 Å². The van der Waals surface area contributed by atoms with Crippen molar-refractivity contribution in [2.45, 2.75) is 33.2 Å². The first-order valence-electron chi connectivity index (χ1n) is 8.15. The lowest BCUT2D eigenvalue weighted by atomic mass is 10.1. The van der Waals surface area contributed by atoms with Crippen LogP contribution in [0.25, 0.3) is 11.3 Å². The highest BCUT2D eigenvalue weighted by molar-refractivity contribution is 5.76. The Morgan fingerprint density at radius 3 is 2.84 bits per heavy atom. The molecule has 0 spiro atoms. The summed E-state index contributed by atoms with van der Waals surface area (Å²) >= 11 is 0. The van der Waals surface area contributed by atoms with Crippen molar-refractivity contribution in [1.82, 2.24) is 25.2 Å². The molecule has 0 bridgehead atoms. The zero-order valence-corrected chi connectivity index (χ0v) is 14.6. The van der Waals surface area contributed by atoms with Crippen molar-refractivity contribution in [2.75, 3.05) is 0 Å². The van der Waals surface area contributed by atoms with Gasteiger partial charge in [0.15, 0.2) is 0 Å². The van der Waals surface area contributed by atoms with Crippen LogP contribution in [0.1, 0.15) is 29.0 Å². The second-order valence-electron chi connectivity index (χ2n) is 6.00. The van der Waals surface area contributed by atoms with E-state index >= 15 is 0 Å². The fourth-order valence-electron chi connectivity index (χ4n) is 2.77. The Balaban J connectivity index is 1.57. The Hall–Kier alpha value is -2.96. The van der Waals surface area contributed by atoms with E-state index in [0.717, 1.165) is 33.8 Å². The van der Waals surface area contributed by atoms with Crippen molar-refractivity contribution < 1.29 is 9.32 Å². The van der Waals surface area contributed by atoms with Crippen molar-refractivity contribution in [3.8, 4) is 11.3 Å². The molecule has 7 heteroatoms. The van der Waals surface area contributed by atoms with Crippen LogP contribution in [0.5, 0.6) is 0 Å². The first kappa shape index (κ1) is 16.9. The summed E-state index contributed by atoms with van der Waals surface area (Å²) in [5.74, 6) is 0.768. The molecule has 0 fully saturated rings. The highest BCUT2D eigenvalue weighted by atomic mass is 16.5. The van der Waals surface area contributed by atoms with E-state index in [0.29, 0.717) is 19.4 Å². The summed E-state index contributed by atoms with van der Waals surface area (Å²) in [5, 5.41) is 11.0. The molecule has 0 aliphatic heterocycles. The number of amides is 1. The quantitative estimate of drug-likeness (QED) is 0.745. The highest BCUT2D eigenvalue weighted by Crippen LogP contribution is 2.18. The predicted octanol–water partition coefficient (Wildman–Crippen LogP) is 2.34. The van der Waals surface area contributed by atoms with Crippen LogP contribution >= 0.6 is 0 Å². The lowest BCUT2D eigenvalue weighted by Gasteiger charge is -2.07. The SMILES string of the molecule is Cc1noc(C)c1CCC(=O)NCc1cncc(-c2ccnn2C)c1. The molecule has 0 aliphatic carbocycles. The van der Waals surface area contributed by atoms with Gasteiger partial charge in [0, 0.05) is 49.7 Å². The minimum absolute atomic E-state index is 0.00839.